The summed E-state index contributed by atoms with van der Waals surface area (Å²) in [7, 11) is 0. The lowest BCUT2D eigenvalue weighted by molar-refractivity contribution is -0.149. The van der Waals surface area contributed by atoms with Crippen molar-refractivity contribution in [1.29, 1.82) is 0 Å². The third-order valence-corrected chi connectivity index (χ3v) is 5.04. The predicted molar refractivity (Wildman–Crippen MR) is 80.4 cm³/mol. The van der Waals surface area contributed by atoms with Gasteiger partial charge in [0, 0.05) is 18.9 Å². The lowest BCUT2D eigenvalue weighted by Crippen LogP contribution is -2.46. The normalized spacial score (nSPS) is 27.7. The Morgan fingerprint density at radius 2 is 2.09 bits per heavy atom. The zero-order valence-electron chi connectivity index (χ0n) is 13.0. The summed E-state index contributed by atoms with van der Waals surface area (Å²) < 4.78 is 5.49. The van der Waals surface area contributed by atoms with Crippen LogP contribution in [0.4, 0.5) is 0 Å². The van der Waals surface area contributed by atoms with E-state index in [0.29, 0.717) is 25.2 Å². The van der Waals surface area contributed by atoms with E-state index in [4.69, 9.17) is 4.42 Å². The first kappa shape index (κ1) is 15.1. The maximum Gasteiger partial charge on any atom is 0.326 e. The van der Waals surface area contributed by atoms with Crippen LogP contribution < -0.4 is 0 Å². The molecule has 1 aromatic rings. The predicted octanol–water partition coefficient (Wildman–Crippen LogP) is 2.76. The van der Waals surface area contributed by atoms with Crippen molar-refractivity contribution in [3.63, 3.8) is 0 Å². The number of aliphatic carboxylic acids is 1. The molecule has 1 saturated carbocycles. The molecule has 120 valence electrons. The fourth-order valence-electron chi connectivity index (χ4n) is 4.02. The van der Waals surface area contributed by atoms with E-state index in [1.165, 1.54) is 0 Å². The number of carboxylic acids is 1. The van der Waals surface area contributed by atoms with Gasteiger partial charge in [-0.15, -0.1) is 0 Å². The van der Waals surface area contributed by atoms with Crippen LogP contribution in [-0.4, -0.2) is 34.0 Å². The van der Waals surface area contributed by atoms with Crippen LogP contribution in [0.15, 0.2) is 16.5 Å². The molecule has 1 aromatic heterocycles. The van der Waals surface area contributed by atoms with Gasteiger partial charge < -0.3 is 14.4 Å². The highest BCUT2D eigenvalue weighted by molar-refractivity contribution is 5.84. The molecule has 0 aromatic carbocycles. The maximum atomic E-state index is 12.6. The Morgan fingerprint density at radius 1 is 1.32 bits per heavy atom. The smallest absolute Gasteiger partial charge is 0.326 e. The number of furan rings is 1. The van der Waals surface area contributed by atoms with Gasteiger partial charge in [0.25, 0.3) is 0 Å². The van der Waals surface area contributed by atoms with Crippen LogP contribution >= 0.6 is 0 Å². The highest BCUT2D eigenvalue weighted by atomic mass is 16.4. The molecule has 0 spiro atoms. The van der Waals surface area contributed by atoms with E-state index in [-0.39, 0.29) is 11.9 Å². The Kier molecular flexibility index (Phi) is 4.23. The third-order valence-electron chi connectivity index (χ3n) is 5.04. The largest absolute Gasteiger partial charge is 0.480 e. The Labute approximate surface area is 130 Å². The Balaban J connectivity index is 1.69. The monoisotopic (exact) mass is 305 g/mol. The number of rotatable bonds is 4. The molecule has 0 radical (unpaired) electrons. The SMILES string of the molecule is Cc1ccc(CCC(=O)N2[C@@H]3CCCC[C@H]3C[C@H]2C(=O)O)o1. The summed E-state index contributed by atoms with van der Waals surface area (Å²) in [6.45, 7) is 1.87. The molecule has 5 nitrogen and oxygen atoms in total. The average molecular weight is 305 g/mol. The van der Waals surface area contributed by atoms with E-state index in [0.717, 1.165) is 37.2 Å². The first-order valence-electron chi connectivity index (χ1n) is 8.15. The van der Waals surface area contributed by atoms with Gasteiger partial charge in [-0.1, -0.05) is 12.8 Å². The van der Waals surface area contributed by atoms with E-state index in [9.17, 15) is 14.7 Å². The van der Waals surface area contributed by atoms with Crippen molar-refractivity contribution in [2.24, 2.45) is 5.92 Å². The van der Waals surface area contributed by atoms with Gasteiger partial charge >= 0.3 is 5.97 Å². The molecule has 0 unspecified atom stereocenters. The second-order valence-corrected chi connectivity index (χ2v) is 6.51. The quantitative estimate of drug-likeness (QED) is 0.928. The molecule has 2 fully saturated rings. The van der Waals surface area contributed by atoms with Crippen LogP contribution in [0, 0.1) is 12.8 Å². The summed E-state index contributed by atoms with van der Waals surface area (Å²) in [5.74, 6) is 1.08. The molecular formula is C17H23NO4. The van der Waals surface area contributed by atoms with Crippen molar-refractivity contribution < 1.29 is 19.1 Å². The molecule has 2 heterocycles. The number of amides is 1. The summed E-state index contributed by atoms with van der Waals surface area (Å²) in [4.78, 5) is 25.8. The van der Waals surface area contributed by atoms with Gasteiger partial charge in [0.2, 0.25) is 5.91 Å². The molecule has 1 amide bonds. The Hall–Kier alpha value is -1.78. The van der Waals surface area contributed by atoms with Gasteiger partial charge in [0.15, 0.2) is 0 Å². The summed E-state index contributed by atoms with van der Waals surface area (Å²) in [6.07, 6.45) is 5.71. The molecule has 1 aliphatic carbocycles. The Morgan fingerprint density at radius 3 is 2.77 bits per heavy atom. The van der Waals surface area contributed by atoms with Gasteiger partial charge in [-0.3, -0.25) is 4.79 Å². The fraction of sp³-hybridized carbons (Fsp3) is 0.647. The number of nitrogens with zero attached hydrogens (tertiary/aromatic N) is 1. The van der Waals surface area contributed by atoms with Crippen LogP contribution in [-0.2, 0) is 16.0 Å². The van der Waals surface area contributed by atoms with Crippen molar-refractivity contribution in [1.82, 2.24) is 4.90 Å². The van der Waals surface area contributed by atoms with E-state index in [1.807, 2.05) is 19.1 Å². The molecule has 3 atom stereocenters. The van der Waals surface area contributed by atoms with E-state index in [1.54, 1.807) is 4.90 Å². The molecule has 0 bridgehead atoms. The number of hydrogen-bond acceptors (Lipinski definition) is 3. The van der Waals surface area contributed by atoms with Crippen molar-refractivity contribution >= 4 is 11.9 Å². The van der Waals surface area contributed by atoms with Crippen molar-refractivity contribution in [3.8, 4) is 0 Å². The van der Waals surface area contributed by atoms with Crippen LogP contribution in [0.1, 0.15) is 50.0 Å². The van der Waals surface area contributed by atoms with Crippen LogP contribution in [0.2, 0.25) is 0 Å². The molecule has 2 aliphatic rings. The number of fused-ring (bicyclic) bond motifs is 1. The molecule has 3 rings (SSSR count). The minimum Gasteiger partial charge on any atom is -0.480 e. The first-order chi connectivity index (χ1) is 10.6. The van der Waals surface area contributed by atoms with Crippen LogP contribution in [0.5, 0.6) is 0 Å². The zero-order chi connectivity index (χ0) is 15.7. The number of likely N-dealkylation sites (tertiary alicyclic amines) is 1. The molecule has 1 aliphatic heterocycles. The number of aryl methyl sites for hydroxylation is 2. The van der Waals surface area contributed by atoms with E-state index < -0.39 is 12.0 Å². The highest BCUT2D eigenvalue weighted by Gasteiger charge is 2.47. The molecule has 1 saturated heterocycles. The summed E-state index contributed by atoms with van der Waals surface area (Å²) in [5.41, 5.74) is 0. The van der Waals surface area contributed by atoms with Crippen molar-refractivity contribution in [2.45, 2.75) is 64.0 Å². The van der Waals surface area contributed by atoms with Crippen molar-refractivity contribution in [3.05, 3.63) is 23.7 Å². The van der Waals surface area contributed by atoms with Crippen molar-refractivity contribution in [2.75, 3.05) is 0 Å². The van der Waals surface area contributed by atoms with E-state index >= 15 is 0 Å². The minimum atomic E-state index is -0.864. The van der Waals surface area contributed by atoms with E-state index in [2.05, 4.69) is 0 Å². The van der Waals surface area contributed by atoms with Gasteiger partial charge in [-0.2, -0.15) is 0 Å². The molecular weight excluding hydrogens is 282 g/mol. The number of hydrogen-bond donors (Lipinski definition) is 1. The summed E-state index contributed by atoms with van der Waals surface area (Å²) >= 11 is 0. The van der Waals surface area contributed by atoms with Crippen LogP contribution in [0.25, 0.3) is 0 Å². The number of carbonyl (C=O) groups excluding carboxylic acids is 1. The standard InChI is InChI=1S/C17H23NO4/c1-11-6-7-13(22-11)8-9-16(19)18-14-5-3-2-4-12(14)10-15(18)17(20)21/h6-7,12,14-15H,2-5,8-10H2,1H3,(H,20,21)/t12-,14+,15-/m0/s1. The summed E-state index contributed by atoms with van der Waals surface area (Å²) in [5, 5.41) is 9.46. The topological polar surface area (TPSA) is 70.8 Å². The lowest BCUT2D eigenvalue weighted by Gasteiger charge is -2.33. The zero-order valence-corrected chi connectivity index (χ0v) is 13.0. The second-order valence-electron chi connectivity index (χ2n) is 6.51. The molecule has 1 N–H and O–H groups in total. The van der Waals surface area contributed by atoms with Gasteiger partial charge in [-0.05, 0) is 44.2 Å². The highest BCUT2D eigenvalue weighted by Crippen LogP contribution is 2.40. The van der Waals surface area contributed by atoms with Gasteiger partial charge in [-0.25, -0.2) is 4.79 Å². The summed E-state index contributed by atoms with van der Waals surface area (Å²) in [6, 6.07) is 3.25. The minimum absolute atomic E-state index is 0.0455. The molecule has 22 heavy (non-hydrogen) atoms. The second kappa shape index (κ2) is 6.15. The Bertz CT molecular complexity index is 565. The first-order valence-corrected chi connectivity index (χ1v) is 8.15. The number of carboxylic acid groups (broad SMARTS) is 1. The molecule has 5 heteroatoms. The van der Waals surface area contributed by atoms with Gasteiger partial charge in [0.05, 0.1) is 0 Å². The lowest BCUT2D eigenvalue weighted by atomic mass is 9.84. The third kappa shape index (κ3) is 2.89. The van der Waals surface area contributed by atoms with Crippen LogP contribution in [0.3, 0.4) is 0 Å². The average Bonchev–Trinajstić information content (AvgIpc) is 3.08. The fourth-order valence-corrected chi connectivity index (χ4v) is 4.02. The maximum absolute atomic E-state index is 12.6. The van der Waals surface area contributed by atoms with Gasteiger partial charge in [0.1, 0.15) is 17.6 Å². The number of carbonyl (C=O) groups is 2.